The Kier molecular flexibility index (Phi) is 26.7. The molecule has 29 heavy (non-hydrogen) atoms. The summed E-state index contributed by atoms with van der Waals surface area (Å²) in [6.45, 7) is 11.9. The summed E-state index contributed by atoms with van der Waals surface area (Å²) in [5.74, 6) is 0. The van der Waals surface area contributed by atoms with Crippen molar-refractivity contribution in [3.8, 4) is 0 Å². The third kappa shape index (κ3) is 27.3. The van der Waals surface area contributed by atoms with Crippen LogP contribution in [-0.4, -0.2) is 65.4 Å². The Hall–Kier alpha value is -0.660. The van der Waals surface area contributed by atoms with Crippen LogP contribution in [0.3, 0.4) is 0 Å². The molecule has 0 unspecified atom stereocenters. The van der Waals surface area contributed by atoms with Crippen LogP contribution in [-0.2, 0) is 0 Å². The van der Waals surface area contributed by atoms with E-state index in [0.29, 0.717) is 6.54 Å². The van der Waals surface area contributed by atoms with Crippen molar-refractivity contribution >= 4 is 0 Å². The molecule has 0 heterocycles. The minimum Gasteiger partial charge on any atom is -0.390 e. The minimum absolute atomic E-state index is 0.708. The van der Waals surface area contributed by atoms with Gasteiger partial charge in [0.2, 0.25) is 0 Å². The third-order valence-corrected chi connectivity index (χ3v) is 4.91. The summed E-state index contributed by atoms with van der Waals surface area (Å²) < 4.78 is 0. The van der Waals surface area contributed by atoms with Gasteiger partial charge in [0.05, 0.1) is 0 Å². The van der Waals surface area contributed by atoms with Gasteiger partial charge in [-0.25, -0.2) is 0 Å². The van der Waals surface area contributed by atoms with Crippen LogP contribution in [0.1, 0.15) is 71.1 Å². The highest BCUT2D eigenvalue weighted by Crippen LogP contribution is 2.10. The fraction of sp³-hybridized carbons (Fsp3) is 0.913. The fourth-order valence-electron chi connectivity index (χ4n) is 3.12. The first-order valence-electron chi connectivity index (χ1n) is 12.3. The molecule has 7 N–H and O–H groups in total. The summed E-state index contributed by atoms with van der Waals surface area (Å²) in [6, 6.07) is 0. The lowest BCUT2D eigenvalue weighted by Gasteiger charge is -2.08. The number of nitrogens with one attached hydrogen (secondary N) is 5. The number of rotatable bonds is 25. The van der Waals surface area contributed by atoms with Crippen molar-refractivity contribution in [3.05, 3.63) is 12.3 Å². The van der Waals surface area contributed by atoms with Gasteiger partial charge in [0.25, 0.3) is 0 Å². The number of hydrogen-bond acceptors (Lipinski definition) is 6. The van der Waals surface area contributed by atoms with Crippen molar-refractivity contribution in [1.29, 1.82) is 0 Å². The Balaban J connectivity index is 3.05. The van der Waals surface area contributed by atoms with E-state index < -0.39 is 0 Å². The van der Waals surface area contributed by atoms with Crippen LogP contribution >= 0.6 is 0 Å². The van der Waals surface area contributed by atoms with E-state index >= 15 is 0 Å². The Bertz CT molecular complexity index is 312. The molecule has 0 saturated heterocycles. The monoisotopic (exact) mass is 412 g/mol. The summed E-state index contributed by atoms with van der Waals surface area (Å²) in [6.07, 6.45) is 18.2. The van der Waals surface area contributed by atoms with Gasteiger partial charge in [0, 0.05) is 65.4 Å². The zero-order valence-electron chi connectivity index (χ0n) is 19.4. The molecule has 174 valence electrons. The predicted octanol–water partition coefficient (Wildman–Crippen LogP) is 2.33. The Morgan fingerprint density at radius 3 is 1.52 bits per heavy atom. The number of unbranched alkanes of at least 4 members (excludes halogenated alkanes) is 9. The molecular weight excluding hydrogens is 360 g/mol. The lowest BCUT2D eigenvalue weighted by atomic mass is 10.1. The highest BCUT2D eigenvalue weighted by molar-refractivity contribution is 4.79. The van der Waals surface area contributed by atoms with Crippen molar-refractivity contribution in [2.75, 3.05) is 65.4 Å². The molecule has 0 atom stereocenters. The highest BCUT2D eigenvalue weighted by atomic mass is 15.0. The molecule has 6 heteroatoms. The zero-order chi connectivity index (χ0) is 21.1. The average molecular weight is 413 g/mol. The molecule has 0 aliphatic carbocycles. The van der Waals surface area contributed by atoms with E-state index in [0.717, 1.165) is 58.9 Å². The van der Waals surface area contributed by atoms with Gasteiger partial charge in [-0.1, -0.05) is 64.4 Å². The second-order valence-electron chi connectivity index (χ2n) is 7.76. The molecule has 0 bridgehead atoms. The lowest BCUT2D eigenvalue weighted by molar-refractivity contribution is 0.564. The Morgan fingerprint density at radius 2 is 1.00 bits per heavy atom. The van der Waals surface area contributed by atoms with Crippen molar-refractivity contribution in [3.63, 3.8) is 0 Å². The smallest absolute Gasteiger partial charge is 0.0266 e. The van der Waals surface area contributed by atoms with Gasteiger partial charge < -0.3 is 32.3 Å². The Morgan fingerprint density at radius 1 is 0.552 bits per heavy atom. The maximum Gasteiger partial charge on any atom is 0.0266 e. The van der Waals surface area contributed by atoms with Crippen molar-refractivity contribution in [1.82, 2.24) is 26.6 Å². The zero-order valence-corrected chi connectivity index (χ0v) is 19.4. The molecule has 0 aliphatic rings. The second-order valence-corrected chi connectivity index (χ2v) is 7.76. The van der Waals surface area contributed by atoms with E-state index in [1.54, 1.807) is 0 Å². The normalized spacial score (nSPS) is 11.5. The molecular formula is C23H52N6. The minimum atomic E-state index is 0.708. The summed E-state index contributed by atoms with van der Waals surface area (Å²) in [5, 5.41) is 16.9. The molecule has 0 aromatic carbocycles. The lowest BCUT2D eigenvalue weighted by Crippen LogP contribution is -2.36. The molecule has 0 spiro atoms. The summed E-state index contributed by atoms with van der Waals surface area (Å²) >= 11 is 0. The largest absolute Gasteiger partial charge is 0.390 e. The van der Waals surface area contributed by atoms with Gasteiger partial charge >= 0.3 is 0 Å². The van der Waals surface area contributed by atoms with E-state index in [2.05, 4.69) is 45.8 Å². The quantitative estimate of drug-likeness (QED) is 0.129. The second kappa shape index (κ2) is 27.3. The molecule has 0 radical (unpaired) electrons. The maximum absolute atomic E-state index is 5.42. The van der Waals surface area contributed by atoms with Crippen LogP contribution in [0.25, 0.3) is 0 Å². The van der Waals surface area contributed by atoms with Crippen LogP contribution in [0.5, 0.6) is 0 Å². The first-order valence-corrected chi connectivity index (χ1v) is 12.3. The van der Waals surface area contributed by atoms with Crippen LogP contribution in [0.2, 0.25) is 0 Å². The molecule has 0 aromatic heterocycles. The van der Waals surface area contributed by atoms with Gasteiger partial charge in [-0.2, -0.15) is 0 Å². The van der Waals surface area contributed by atoms with E-state index in [9.17, 15) is 0 Å². The van der Waals surface area contributed by atoms with Crippen LogP contribution in [0.15, 0.2) is 12.3 Å². The molecule has 0 rings (SSSR count). The van der Waals surface area contributed by atoms with Crippen LogP contribution in [0, 0.1) is 0 Å². The standard InChI is InChI=1S/C23H52N6/c1-2-3-4-5-6-7-8-9-10-11-12-14-25-16-18-27-20-22-29-23-21-28-19-17-26-15-13-24/h12,14,25-29H,2-11,13,15-24H2,1H3. The summed E-state index contributed by atoms with van der Waals surface area (Å²) in [7, 11) is 0. The SMILES string of the molecule is CCCCCCCCCCCC=CNCCNCCNCCNCCNCCN. The molecule has 6 nitrogen and oxygen atoms in total. The van der Waals surface area contributed by atoms with Gasteiger partial charge in [0.1, 0.15) is 0 Å². The first kappa shape index (κ1) is 28.3. The number of hydrogen-bond donors (Lipinski definition) is 6. The van der Waals surface area contributed by atoms with Crippen LogP contribution < -0.4 is 32.3 Å². The predicted molar refractivity (Wildman–Crippen MR) is 130 cm³/mol. The molecule has 0 aliphatic heterocycles. The summed E-state index contributed by atoms with van der Waals surface area (Å²) in [4.78, 5) is 0. The molecule has 0 fully saturated rings. The van der Waals surface area contributed by atoms with Crippen LogP contribution in [0.4, 0.5) is 0 Å². The van der Waals surface area contributed by atoms with E-state index in [-0.39, 0.29) is 0 Å². The van der Waals surface area contributed by atoms with Gasteiger partial charge in [-0.15, -0.1) is 0 Å². The third-order valence-electron chi connectivity index (χ3n) is 4.91. The van der Waals surface area contributed by atoms with Crippen molar-refractivity contribution in [2.45, 2.75) is 71.1 Å². The van der Waals surface area contributed by atoms with Gasteiger partial charge in [0.15, 0.2) is 0 Å². The molecule has 0 amide bonds. The number of allylic oxidation sites excluding steroid dienone is 1. The van der Waals surface area contributed by atoms with E-state index in [1.165, 1.54) is 64.2 Å². The highest BCUT2D eigenvalue weighted by Gasteiger charge is 1.92. The summed E-state index contributed by atoms with van der Waals surface area (Å²) in [5.41, 5.74) is 5.42. The van der Waals surface area contributed by atoms with Crippen molar-refractivity contribution in [2.24, 2.45) is 5.73 Å². The van der Waals surface area contributed by atoms with Crippen molar-refractivity contribution < 1.29 is 0 Å². The maximum atomic E-state index is 5.42. The van der Waals surface area contributed by atoms with Gasteiger partial charge in [-0.05, 0) is 19.0 Å². The number of nitrogens with two attached hydrogens (primary N) is 1. The average Bonchev–Trinajstić information content (AvgIpc) is 2.74. The van der Waals surface area contributed by atoms with E-state index in [1.807, 2.05) is 0 Å². The van der Waals surface area contributed by atoms with Gasteiger partial charge in [-0.3, -0.25) is 0 Å². The fourth-order valence-corrected chi connectivity index (χ4v) is 3.12. The topological polar surface area (TPSA) is 86.2 Å². The first-order chi connectivity index (χ1) is 14.4. The van der Waals surface area contributed by atoms with E-state index in [4.69, 9.17) is 5.73 Å². The molecule has 0 aromatic rings. The molecule has 0 saturated carbocycles. The Labute approximate surface area is 181 Å².